The lowest BCUT2D eigenvalue weighted by molar-refractivity contribution is 0.451. The molecule has 0 saturated heterocycles. The van der Waals surface area contributed by atoms with Gasteiger partial charge in [-0.25, -0.2) is 4.68 Å². The van der Waals surface area contributed by atoms with Crippen LogP contribution in [0.25, 0.3) is 33.3 Å². The van der Waals surface area contributed by atoms with Crippen molar-refractivity contribution in [3.05, 3.63) is 207 Å². The van der Waals surface area contributed by atoms with Gasteiger partial charge in [0.05, 0.1) is 11.9 Å². The fraction of sp³-hybridized carbons (Fsp3) is 0.0909. The van der Waals surface area contributed by atoms with E-state index >= 15 is 0 Å². The number of hydrogen-bond acceptors (Lipinski definition) is 4. The van der Waals surface area contributed by atoms with E-state index in [1.165, 1.54) is 0 Å². The third kappa shape index (κ3) is 5.54. The summed E-state index contributed by atoms with van der Waals surface area (Å²) in [5.74, 6) is 0.631. The van der Waals surface area contributed by atoms with Gasteiger partial charge in [-0.3, -0.25) is 9.36 Å². The standard InChI is InChI=1S/C44H34ClN5O/c1-30-22-23-31(2)41-39(30)28-40(45)49(43(41)51)29-32-24-26-33(27-25-32)37-20-12-13-21-38(37)42-46-47-48-50(42)44(34-14-6-3-7-15-34,35-16-8-4-9-17-35)36-18-10-5-11-19-36/h3-28H,29H2,1-2H3. The van der Waals surface area contributed by atoms with Gasteiger partial charge in [0, 0.05) is 5.56 Å². The molecule has 0 unspecified atom stereocenters. The SMILES string of the molecule is Cc1ccc(C)c2c(=O)n(Cc3ccc(-c4ccccc4-c4nnnn4C(c4ccccc4)(c4ccccc4)c4ccccc4)cc3)c(Cl)cc12. The van der Waals surface area contributed by atoms with Crippen molar-refractivity contribution in [3.8, 4) is 22.5 Å². The Bertz CT molecular complexity index is 2450. The molecule has 0 aliphatic rings. The highest BCUT2D eigenvalue weighted by molar-refractivity contribution is 6.30. The lowest BCUT2D eigenvalue weighted by atomic mass is 9.77. The number of nitrogens with zero attached hydrogens (tertiary/aromatic N) is 5. The van der Waals surface area contributed by atoms with Crippen molar-refractivity contribution in [2.45, 2.75) is 25.9 Å². The summed E-state index contributed by atoms with van der Waals surface area (Å²) in [7, 11) is 0. The minimum atomic E-state index is -0.872. The van der Waals surface area contributed by atoms with E-state index in [0.717, 1.165) is 55.5 Å². The molecule has 0 saturated carbocycles. The number of fused-ring (bicyclic) bond motifs is 1. The Balaban J connectivity index is 1.24. The van der Waals surface area contributed by atoms with Crippen molar-refractivity contribution in [2.75, 3.05) is 0 Å². The molecule has 0 aliphatic carbocycles. The van der Waals surface area contributed by atoms with Gasteiger partial charge in [-0.15, -0.1) is 5.10 Å². The summed E-state index contributed by atoms with van der Waals surface area (Å²) in [6.45, 7) is 4.32. The van der Waals surface area contributed by atoms with Crippen molar-refractivity contribution in [1.29, 1.82) is 0 Å². The van der Waals surface area contributed by atoms with Crippen molar-refractivity contribution in [2.24, 2.45) is 0 Å². The van der Waals surface area contributed by atoms with E-state index in [1.54, 1.807) is 4.57 Å². The van der Waals surface area contributed by atoms with E-state index in [9.17, 15) is 4.79 Å². The van der Waals surface area contributed by atoms with Gasteiger partial charge in [-0.05, 0) is 80.2 Å². The predicted molar refractivity (Wildman–Crippen MR) is 205 cm³/mol. The third-order valence-corrected chi connectivity index (χ3v) is 10.1. The Morgan fingerprint density at radius 1 is 0.627 bits per heavy atom. The molecule has 0 N–H and O–H groups in total. The molecule has 2 aromatic heterocycles. The smallest absolute Gasteiger partial charge is 0.260 e. The first kappa shape index (κ1) is 32.1. The summed E-state index contributed by atoms with van der Waals surface area (Å²) < 4.78 is 3.60. The number of aromatic nitrogens is 5. The van der Waals surface area contributed by atoms with E-state index in [4.69, 9.17) is 21.9 Å². The highest BCUT2D eigenvalue weighted by Crippen LogP contribution is 2.43. The Morgan fingerprint density at radius 3 is 1.75 bits per heavy atom. The van der Waals surface area contributed by atoms with Crippen molar-refractivity contribution < 1.29 is 0 Å². The highest BCUT2D eigenvalue weighted by Gasteiger charge is 2.42. The number of pyridine rings is 1. The Hall–Kier alpha value is -6.11. The fourth-order valence-corrected chi connectivity index (χ4v) is 7.51. The first-order valence-electron chi connectivity index (χ1n) is 16.9. The molecule has 248 valence electrons. The van der Waals surface area contributed by atoms with Crippen LogP contribution in [0, 0.1) is 13.8 Å². The molecule has 51 heavy (non-hydrogen) atoms. The molecule has 6 nitrogen and oxygen atoms in total. The van der Waals surface area contributed by atoms with Crippen LogP contribution in [-0.2, 0) is 12.1 Å². The number of rotatable bonds is 8. The lowest BCUT2D eigenvalue weighted by Gasteiger charge is -2.36. The van der Waals surface area contributed by atoms with E-state index < -0.39 is 5.54 Å². The number of benzene rings is 6. The summed E-state index contributed by atoms with van der Waals surface area (Å²) in [4.78, 5) is 13.7. The van der Waals surface area contributed by atoms with Gasteiger partial charge >= 0.3 is 0 Å². The van der Waals surface area contributed by atoms with Crippen LogP contribution < -0.4 is 5.56 Å². The first-order valence-corrected chi connectivity index (χ1v) is 17.3. The average Bonchev–Trinajstić information content (AvgIpc) is 3.67. The van der Waals surface area contributed by atoms with Crippen molar-refractivity contribution >= 4 is 22.4 Å². The minimum Gasteiger partial charge on any atom is -0.294 e. The Kier molecular flexibility index (Phi) is 8.38. The highest BCUT2D eigenvalue weighted by atomic mass is 35.5. The molecule has 0 bridgehead atoms. The van der Waals surface area contributed by atoms with Crippen molar-refractivity contribution in [1.82, 2.24) is 24.8 Å². The zero-order chi connectivity index (χ0) is 35.0. The second-order valence-electron chi connectivity index (χ2n) is 12.8. The zero-order valence-electron chi connectivity index (χ0n) is 28.2. The topological polar surface area (TPSA) is 65.6 Å². The van der Waals surface area contributed by atoms with E-state index in [-0.39, 0.29) is 5.56 Å². The Labute approximate surface area is 301 Å². The van der Waals surface area contributed by atoms with E-state index in [0.29, 0.717) is 22.9 Å². The van der Waals surface area contributed by atoms with Crippen LogP contribution in [0.5, 0.6) is 0 Å². The van der Waals surface area contributed by atoms with Gasteiger partial charge in [0.15, 0.2) is 5.82 Å². The van der Waals surface area contributed by atoms with Gasteiger partial charge in [0.1, 0.15) is 10.7 Å². The van der Waals surface area contributed by atoms with Gasteiger partial charge in [0.25, 0.3) is 5.56 Å². The van der Waals surface area contributed by atoms with Crippen LogP contribution in [0.3, 0.4) is 0 Å². The molecular weight excluding hydrogens is 650 g/mol. The second-order valence-corrected chi connectivity index (χ2v) is 13.2. The van der Waals surface area contributed by atoms with Crippen LogP contribution in [-0.4, -0.2) is 24.8 Å². The number of halogens is 1. The van der Waals surface area contributed by atoms with E-state index in [2.05, 4.69) is 102 Å². The summed E-state index contributed by atoms with van der Waals surface area (Å²) in [6, 6.07) is 53.5. The molecule has 8 rings (SSSR count). The van der Waals surface area contributed by atoms with Crippen LogP contribution in [0.2, 0.25) is 5.15 Å². The maximum absolute atomic E-state index is 13.7. The molecule has 0 amide bonds. The molecule has 6 aromatic carbocycles. The van der Waals surface area contributed by atoms with Gasteiger partial charge in [-0.1, -0.05) is 163 Å². The summed E-state index contributed by atoms with van der Waals surface area (Å²) in [5.41, 5.74) is 7.95. The van der Waals surface area contributed by atoms with Crippen LogP contribution >= 0.6 is 11.6 Å². The molecule has 7 heteroatoms. The molecule has 0 radical (unpaired) electrons. The summed E-state index contributed by atoms with van der Waals surface area (Å²) in [6.07, 6.45) is 0. The minimum absolute atomic E-state index is 0.0845. The maximum Gasteiger partial charge on any atom is 0.260 e. The molecule has 0 spiro atoms. The largest absolute Gasteiger partial charge is 0.294 e. The van der Waals surface area contributed by atoms with Gasteiger partial charge in [0.2, 0.25) is 0 Å². The number of tetrazole rings is 1. The maximum atomic E-state index is 13.7. The molecule has 0 aliphatic heterocycles. The lowest BCUT2D eigenvalue weighted by Crippen LogP contribution is -2.39. The first-order chi connectivity index (χ1) is 25.0. The zero-order valence-corrected chi connectivity index (χ0v) is 29.0. The Morgan fingerprint density at radius 2 is 1.16 bits per heavy atom. The average molecular weight is 684 g/mol. The molecule has 0 atom stereocenters. The molecular formula is C44H34ClN5O. The monoisotopic (exact) mass is 683 g/mol. The quantitative estimate of drug-likeness (QED) is 0.118. The normalized spacial score (nSPS) is 11.6. The van der Waals surface area contributed by atoms with E-state index in [1.807, 2.05) is 79.2 Å². The van der Waals surface area contributed by atoms with Gasteiger partial charge in [-0.2, -0.15) is 0 Å². The predicted octanol–water partition coefficient (Wildman–Crippen LogP) is 9.48. The number of hydrogen-bond donors (Lipinski definition) is 0. The second kappa shape index (κ2) is 13.3. The van der Waals surface area contributed by atoms with Crippen molar-refractivity contribution in [3.63, 3.8) is 0 Å². The fourth-order valence-electron chi connectivity index (χ4n) is 7.27. The molecule has 0 fully saturated rings. The summed E-state index contributed by atoms with van der Waals surface area (Å²) in [5, 5.41) is 15.8. The summed E-state index contributed by atoms with van der Waals surface area (Å²) >= 11 is 6.71. The van der Waals surface area contributed by atoms with Crippen LogP contribution in [0.15, 0.2) is 163 Å². The molecule has 2 heterocycles. The number of aryl methyl sites for hydroxylation is 2. The molecule has 8 aromatic rings. The van der Waals surface area contributed by atoms with Gasteiger partial charge < -0.3 is 0 Å². The third-order valence-electron chi connectivity index (χ3n) is 9.79. The van der Waals surface area contributed by atoms with Crippen LogP contribution in [0.4, 0.5) is 0 Å². The van der Waals surface area contributed by atoms with Crippen LogP contribution in [0.1, 0.15) is 33.4 Å².